The molecule has 1 heterocycles. The second-order valence-corrected chi connectivity index (χ2v) is 5.45. The summed E-state index contributed by atoms with van der Waals surface area (Å²) in [6.07, 6.45) is 4.78. The normalized spacial score (nSPS) is 12.7. The molecule has 0 saturated carbocycles. The van der Waals surface area contributed by atoms with Crippen LogP contribution >= 0.6 is 0 Å². The van der Waals surface area contributed by atoms with Gasteiger partial charge in [0.15, 0.2) is 0 Å². The summed E-state index contributed by atoms with van der Waals surface area (Å²) in [7, 11) is 0. The van der Waals surface area contributed by atoms with E-state index in [4.69, 9.17) is 0 Å². The molecular weight excluding hydrogens is 260 g/mol. The van der Waals surface area contributed by atoms with Crippen molar-refractivity contribution in [3.63, 3.8) is 0 Å². The van der Waals surface area contributed by atoms with Crippen molar-refractivity contribution >= 4 is 10.8 Å². The molecule has 21 heavy (non-hydrogen) atoms. The summed E-state index contributed by atoms with van der Waals surface area (Å²) < 4.78 is 1.89. The number of aliphatic hydroxyl groups excluding tert-OH is 1. The van der Waals surface area contributed by atoms with Crippen LogP contribution in [0, 0.1) is 0 Å². The van der Waals surface area contributed by atoms with E-state index in [0.717, 1.165) is 12.1 Å². The summed E-state index contributed by atoms with van der Waals surface area (Å²) in [5.74, 6) is 0. The van der Waals surface area contributed by atoms with Gasteiger partial charge in [-0.2, -0.15) is 5.10 Å². The van der Waals surface area contributed by atoms with Crippen molar-refractivity contribution < 1.29 is 5.11 Å². The lowest BCUT2D eigenvalue weighted by molar-refractivity contribution is 0.175. The molecule has 0 amide bonds. The van der Waals surface area contributed by atoms with Gasteiger partial charge in [-0.1, -0.05) is 42.5 Å². The number of aromatic nitrogens is 2. The fourth-order valence-corrected chi connectivity index (χ4v) is 2.67. The summed E-state index contributed by atoms with van der Waals surface area (Å²) in [6, 6.07) is 14.7. The number of aryl methyl sites for hydroxylation is 1. The highest BCUT2D eigenvalue weighted by Crippen LogP contribution is 2.17. The van der Waals surface area contributed by atoms with Gasteiger partial charge in [-0.3, -0.25) is 4.68 Å². The van der Waals surface area contributed by atoms with Crippen LogP contribution in [-0.2, 0) is 19.4 Å². The Hall–Kier alpha value is -2.13. The third kappa shape index (κ3) is 3.31. The van der Waals surface area contributed by atoms with E-state index in [1.807, 2.05) is 29.2 Å². The summed E-state index contributed by atoms with van der Waals surface area (Å²) >= 11 is 0. The molecule has 1 unspecified atom stereocenters. The van der Waals surface area contributed by atoms with Crippen molar-refractivity contribution in [2.45, 2.75) is 32.4 Å². The highest BCUT2D eigenvalue weighted by molar-refractivity contribution is 5.82. The van der Waals surface area contributed by atoms with Crippen LogP contribution in [0.5, 0.6) is 0 Å². The smallest absolute Gasteiger partial charge is 0.0622 e. The highest BCUT2D eigenvalue weighted by Gasteiger charge is 2.09. The van der Waals surface area contributed by atoms with Crippen LogP contribution in [0.2, 0.25) is 0 Å². The van der Waals surface area contributed by atoms with E-state index in [9.17, 15) is 5.11 Å². The molecule has 108 valence electrons. The first-order chi connectivity index (χ1) is 10.2. The number of nitrogens with zero attached hydrogens (tertiary/aromatic N) is 2. The second-order valence-electron chi connectivity index (χ2n) is 5.45. The molecule has 0 aliphatic carbocycles. The zero-order valence-electron chi connectivity index (χ0n) is 12.2. The van der Waals surface area contributed by atoms with E-state index in [1.165, 1.54) is 16.3 Å². The number of aliphatic hydroxyl groups is 1. The van der Waals surface area contributed by atoms with Gasteiger partial charge < -0.3 is 5.11 Å². The minimum atomic E-state index is -0.374. The summed E-state index contributed by atoms with van der Waals surface area (Å²) in [5.41, 5.74) is 2.26. The second kappa shape index (κ2) is 6.10. The molecule has 3 aromatic rings. The van der Waals surface area contributed by atoms with E-state index >= 15 is 0 Å². The molecule has 0 radical (unpaired) electrons. The molecule has 1 N–H and O–H groups in total. The maximum atomic E-state index is 10.3. The molecule has 2 aromatic carbocycles. The predicted molar refractivity (Wildman–Crippen MR) is 85.3 cm³/mol. The summed E-state index contributed by atoms with van der Waals surface area (Å²) in [5, 5.41) is 17.0. The van der Waals surface area contributed by atoms with E-state index < -0.39 is 0 Å². The standard InChI is InChI=1S/C18H20N2O/c1-2-20-13-15(12-19-20)11-18(21)10-14-7-8-16-5-3-4-6-17(16)9-14/h3-9,12-13,18,21H,2,10-11H2,1H3. The van der Waals surface area contributed by atoms with Gasteiger partial charge in [0.2, 0.25) is 0 Å². The summed E-state index contributed by atoms with van der Waals surface area (Å²) in [4.78, 5) is 0. The third-order valence-electron chi connectivity index (χ3n) is 3.77. The Kier molecular flexibility index (Phi) is 4.02. The average molecular weight is 280 g/mol. The molecule has 0 bridgehead atoms. The van der Waals surface area contributed by atoms with Crippen LogP contribution in [0.25, 0.3) is 10.8 Å². The first-order valence-corrected chi connectivity index (χ1v) is 7.41. The molecule has 0 spiro atoms. The molecule has 0 aliphatic rings. The molecule has 0 fully saturated rings. The maximum Gasteiger partial charge on any atom is 0.0622 e. The van der Waals surface area contributed by atoms with Crippen LogP contribution in [0.4, 0.5) is 0 Å². The van der Waals surface area contributed by atoms with E-state index in [-0.39, 0.29) is 6.10 Å². The van der Waals surface area contributed by atoms with Gasteiger partial charge >= 0.3 is 0 Å². The van der Waals surface area contributed by atoms with Crippen molar-refractivity contribution in [1.29, 1.82) is 0 Å². The largest absolute Gasteiger partial charge is 0.392 e. The first-order valence-electron chi connectivity index (χ1n) is 7.41. The van der Waals surface area contributed by atoms with Crippen molar-refractivity contribution in [3.8, 4) is 0 Å². The Bertz CT molecular complexity index is 733. The number of rotatable bonds is 5. The molecule has 1 atom stereocenters. The lowest BCUT2D eigenvalue weighted by atomic mass is 10.0. The van der Waals surface area contributed by atoms with Crippen molar-refractivity contribution in [2.24, 2.45) is 0 Å². The number of benzene rings is 2. The molecular formula is C18H20N2O. The zero-order valence-corrected chi connectivity index (χ0v) is 12.2. The fraction of sp³-hybridized carbons (Fsp3) is 0.278. The Balaban J connectivity index is 1.69. The van der Waals surface area contributed by atoms with Crippen molar-refractivity contribution in [2.75, 3.05) is 0 Å². The molecule has 3 heteroatoms. The van der Waals surface area contributed by atoms with E-state index in [1.54, 1.807) is 0 Å². The lowest BCUT2D eigenvalue weighted by Crippen LogP contribution is -2.13. The Morgan fingerprint density at radius 3 is 2.57 bits per heavy atom. The Morgan fingerprint density at radius 1 is 1.05 bits per heavy atom. The number of hydrogen-bond donors (Lipinski definition) is 1. The molecule has 3 nitrogen and oxygen atoms in total. The highest BCUT2D eigenvalue weighted by atomic mass is 16.3. The van der Waals surface area contributed by atoms with Crippen LogP contribution in [0.1, 0.15) is 18.1 Å². The maximum absolute atomic E-state index is 10.3. The minimum Gasteiger partial charge on any atom is -0.392 e. The summed E-state index contributed by atoms with van der Waals surface area (Å²) in [6.45, 7) is 2.92. The van der Waals surface area contributed by atoms with Gasteiger partial charge in [0, 0.05) is 19.2 Å². The van der Waals surface area contributed by atoms with Gasteiger partial charge in [0.1, 0.15) is 0 Å². The topological polar surface area (TPSA) is 38.0 Å². The van der Waals surface area contributed by atoms with Gasteiger partial charge in [-0.25, -0.2) is 0 Å². The molecule has 1 aromatic heterocycles. The SMILES string of the molecule is CCn1cc(CC(O)Cc2ccc3ccccc3c2)cn1. The average Bonchev–Trinajstić information content (AvgIpc) is 2.94. The van der Waals surface area contributed by atoms with E-state index in [2.05, 4.69) is 42.4 Å². The quantitative estimate of drug-likeness (QED) is 0.779. The zero-order chi connectivity index (χ0) is 14.7. The number of fused-ring (bicyclic) bond motifs is 1. The monoisotopic (exact) mass is 280 g/mol. The van der Waals surface area contributed by atoms with Crippen LogP contribution in [0.3, 0.4) is 0 Å². The van der Waals surface area contributed by atoms with Crippen molar-refractivity contribution in [3.05, 3.63) is 66.0 Å². The van der Waals surface area contributed by atoms with Crippen LogP contribution in [-0.4, -0.2) is 21.0 Å². The van der Waals surface area contributed by atoms with Crippen LogP contribution < -0.4 is 0 Å². The van der Waals surface area contributed by atoms with Gasteiger partial charge in [-0.15, -0.1) is 0 Å². The van der Waals surface area contributed by atoms with Gasteiger partial charge in [-0.05, 0) is 35.2 Å². The first kappa shape index (κ1) is 13.8. The number of hydrogen-bond acceptors (Lipinski definition) is 2. The fourth-order valence-electron chi connectivity index (χ4n) is 2.67. The van der Waals surface area contributed by atoms with Crippen molar-refractivity contribution in [1.82, 2.24) is 9.78 Å². The Morgan fingerprint density at radius 2 is 1.81 bits per heavy atom. The minimum absolute atomic E-state index is 0.374. The lowest BCUT2D eigenvalue weighted by Gasteiger charge is -2.10. The Labute approximate surface area is 124 Å². The van der Waals surface area contributed by atoms with E-state index in [0.29, 0.717) is 12.8 Å². The molecule has 0 aliphatic heterocycles. The van der Waals surface area contributed by atoms with Gasteiger partial charge in [0.05, 0.1) is 12.3 Å². The van der Waals surface area contributed by atoms with Crippen LogP contribution in [0.15, 0.2) is 54.9 Å². The molecule has 0 saturated heterocycles. The van der Waals surface area contributed by atoms with Gasteiger partial charge in [0.25, 0.3) is 0 Å². The predicted octanol–water partition coefficient (Wildman–Crippen LogP) is 3.20. The molecule has 3 rings (SSSR count). The third-order valence-corrected chi connectivity index (χ3v) is 3.77.